The van der Waals surface area contributed by atoms with Gasteiger partial charge >= 0.3 is 12.1 Å². The molecule has 4 aliphatic rings. The number of carbonyl (C=O) groups excluding carboxylic acids is 4. The molecule has 0 unspecified atom stereocenters. The summed E-state index contributed by atoms with van der Waals surface area (Å²) >= 11 is 0. The number of H-pyrrole nitrogens is 1. The molecule has 6 atom stereocenters. The van der Waals surface area contributed by atoms with Crippen LogP contribution in [0.5, 0.6) is 0 Å². The van der Waals surface area contributed by atoms with Crippen LogP contribution in [0.15, 0.2) is 48.7 Å². The number of fused-ring (bicyclic) bond motifs is 4. The number of carboxylic acids is 1. The van der Waals surface area contributed by atoms with E-state index in [1.807, 2.05) is 24.3 Å². The Balaban J connectivity index is 1.27. The number of carbonyl (C=O) groups is 5. The number of carboxylic acid groups (broad SMARTS) is 1. The molecule has 0 spiro atoms. The molecule has 0 radical (unpaired) electrons. The number of rotatable bonds is 4. The fourth-order valence-corrected chi connectivity index (χ4v) is 7.40. The average molecular weight is 661 g/mol. The molecular formula is C35H44N6O7. The number of ether oxygens (including phenoxy) is 1. The zero-order valence-corrected chi connectivity index (χ0v) is 27.6. The van der Waals surface area contributed by atoms with Crippen molar-refractivity contribution in [3.8, 4) is 11.3 Å². The maximum absolute atomic E-state index is 14.3. The predicted molar refractivity (Wildman–Crippen MR) is 174 cm³/mol. The molecule has 4 heterocycles. The van der Waals surface area contributed by atoms with Crippen molar-refractivity contribution in [1.29, 1.82) is 0 Å². The molecule has 4 amide bonds. The molecule has 13 heteroatoms. The molecule has 4 N–H and O–H groups in total. The van der Waals surface area contributed by atoms with Gasteiger partial charge in [-0.25, -0.2) is 9.59 Å². The maximum atomic E-state index is 14.3. The first-order chi connectivity index (χ1) is 22.9. The molecule has 1 aromatic heterocycles. The summed E-state index contributed by atoms with van der Waals surface area (Å²) in [5.41, 5.74) is -0.145. The van der Waals surface area contributed by atoms with Gasteiger partial charge in [0, 0.05) is 54.7 Å². The lowest BCUT2D eigenvalue weighted by atomic mass is 9.93. The number of nitrogens with one attached hydrogen (secondary N) is 3. The van der Waals surface area contributed by atoms with Gasteiger partial charge in [-0.05, 0) is 64.7 Å². The molecule has 0 bridgehead atoms. The number of amides is 4. The number of aromatic nitrogens is 2. The largest absolute Gasteiger partial charge is 0.479 e. The monoisotopic (exact) mass is 660 g/mol. The molecular weight excluding hydrogens is 616 g/mol. The van der Waals surface area contributed by atoms with E-state index in [1.165, 1.54) is 4.90 Å². The second-order valence-electron chi connectivity index (χ2n) is 14.5. The molecule has 2 saturated heterocycles. The van der Waals surface area contributed by atoms with Crippen LogP contribution in [0.3, 0.4) is 0 Å². The van der Waals surface area contributed by atoms with E-state index < -0.39 is 53.0 Å². The summed E-state index contributed by atoms with van der Waals surface area (Å²) in [7, 11) is 0. The minimum Gasteiger partial charge on any atom is -0.479 e. The van der Waals surface area contributed by atoms with Crippen LogP contribution in [-0.2, 0) is 19.1 Å². The number of hydrogen-bond donors (Lipinski definition) is 4. The lowest BCUT2D eigenvalue weighted by Crippen LogP contribution is -2.58. The molecule has 1 aliphatic carbocycles. The van der Waals surface area contributed by atoms with Crippen molar-refractivity contribution in [2.75, 3.05) is 19.6 Å². The molecule has 256 valence electrons. The van der Waals surface area contributed by atoms with Gasteiger partial charge in [-0.1, -0.05) is 37.1 Å². The number of likely N-dealkylation sites (tertiary alicyclic amines) is 1. The summed E-state index contributed by atoms with van der Waals surface area (Å²) in [6, 6.07) is 7.09. The van der Waals surface area contributed by atoms with Crippen LogP contribution in [0.4, 0.5) is 4.79 Å². The third-order valence-electron chi connectivity index (χ3n) is 9.89. The highest BCUT2D eigenvalue weighted by molar-refractivity contribution is 5.98. The lowest BCUT2D eigenvalue weighted by molar-refractivity contribution is -0.146. The molecule has 13 nitrogen and oxygen atoms in total. The van der Waals surface area contributed by atoms with E-state index in [0.717, 1.165) is 30.5 Å². The van der Waals surface area contributed by atoms with E-state index in [4.69, 9.17) is 4.74 Å². The van der Waals surface area contributed by atoms with E-state index in [0.29, 0.717) is 24.9 Å². The summed E-state index contributed by atoms with van der Waals surface area (Å²) in [4.78, 5) is 70.8. The number of nitrogens with zero attached hydrogens (tertiary/aromatic N) is 3. The normalized spacial score (nSPS) is 29.8. The molecule has 1 aromatic carbocycles. The van der Waals surface area contributed by atoms with Crippen molar-refractivity contribution in [2.24, 2.45) is 17.8 Å². The van der Waals surface area contributed by atoms with Crippen molar-refractivity contribution in [1.82, 2.24) is 30.6 Å². The van der Waals surface area contributed by atoms with Crippen LogP contribution in [0.1, 0.15) is 69.7 Å². The topological polar surface area (TPSA) is 174 Å². The van der Waals surface area contributed by atoms with Crippen molar-refractivity contribution in [3.05, 3.63) is 54.2 Å². The molecule has 2 aromatic rings. The Morgan fingerprint density at radius 2 is 1.90 bits per heavy atom. The molecule has 6 rings (SSSR count). The number of alkyl carbamates (subject to hydrolysis) is 1. The highest BCUT2D eigenvalue weighted by atomic mass is 16.6. The van der Waals surface area contributed by atoms with E-state index in [1.54, 1.807) is 50.1 Å². The maximum Gasteiger partial charge on any atom is 0.408 e. The first-order valence-corrected chi connectivity index (χ1v) is 16.8. The smallest absolute Gasteiger partial charge is 0.408 e. The zero-order chi connectivity index (χ0) is 34.2. The van der Waals surface area contributed by atoms with Crippen LogP contribution in [0.25, 0.3) is 11.3 Å². The average Bonchev–Trinajstić information content (AvgIpc) is 3.40. The van der Waals surface area contributed by atoms with Crippen LogP contribution in [-0.4, -0.2) is 97.7 Å². The van der Waals surface area contributed by atoms with Gasteiger partial charge in [0.05, 0.1) is 5.69 Å². The quantitative estimate of drug-likeness (QED) is 0.361. The van der Waals surface area contributed by atoms with Crippen LogP contribution >= 0.6 is 0 Å². The van der Waals surface area contributed by atoms with E-state index in [2.05, 4.69) is 20.8 Å². The lowest BCUT2D eigenvalue weighted by Gasteiger charge is -2.33. The van der Waals surface area contributed by atoms with Gasteiger partial charge in [0.2, 0.25) is 11.8 Å². The summed E-state index contributed by atoms with van der Waals surface area (Å²) in [6.45, 7) is 5.95. The molecule has 3 fully saturated rings. The Labute approximate surface area is 279 Å². The Morgan fingerprint density at radius 3 is 2.62 bits per heavy atom. The Morgan fingerprint density at radius 1 is 1.08 bits per heavy atom. The molecule has 48 heavy (non-hydrogen) atoms. The minimum absolute atomic E-state index is 0.190. The highest BCUT2D eigenvalue weighted by Gasteiger charge is 2.62. The Kier molecular flexibility index (Phi) is 9.06. The van der Waals surface area contributed by atoms with Crippen molar-refractivity contribution < 1.29 is 33.8 Å². The van der Waals surface area contributed by atoms with Crippen LogP contribution in [0, 0.1) is 17.8 Å². The van der Waals surface area contributed by atoms with E-state index >= 15 is 0 Å². The van der Waals surface area contributed by atoms with Crippen molar-refractivity contribution in [2.45, 2.75) is 82.5 Å². The SMILES string of the molecule is CC(C)(C)OC(=O)N[C@@H]1CCCCC/C=C\[C@H]2C[C@@]2(C(=O)O)NC(=O)[C@@H]2[C@H]3CN(C(=O)c4cccc(-c5ccn[nH]5)c4)C[C@H]3CN2C1=O. The highest BCUT2D eigenvalue weighted by Crippen LogP contribution is 2.46. The van der Waals surface area contributed by atoms with Crippen LogP contribution in [0.2, 0.25) is 0 Å². The fraction of sp³-hybridized carbons (Fsp3) is 0.543. The zero-order valence-electron chi connectivity index (χ0n) is 27.6. The standard InChI is InChI=1S/C35H44N6O7/c1-34(2,3)48-33(47)37-27-13-8-6-4-5-7-12-24-17-35(24,32(45)46)38-29(42)28-25-20-40(18-23(25)19-41(28)31(27)44)30(43)22-11-9-10-21(16-22)26-14-15-36-39-26/h7,9-12,14-16,23-25,27-28H,4-6,8,13,17-20H2,1-3H3,(H,36,39)(H,37,47)(H,38,42)(H,45,46)/b12-7-/t23-,24-,25-,27+,28-,35+/m0/s1. The summed E-state index contributed by atoms with van der Waals surface area (Å²) in [5, 5.41) is 22.7. The number of aromatic amines is 1. The fourth-order valence-electron chi connectivity index (χ4n) is 7.40. The summed E-state index contributed by atoms with van der Waals surface area (Å²) in [5.74, 6) is -3.28. The second-order valence-corrected chi connectivity index (χ2v) is 14.5. The summed E-state index contributed by atoms with van der Waals surface area (Å²) < 4.78 is 5.47. The third-order valence-corrected chi connectivity index (χ3v) is 9.89. The first kappa shape index (κ1) is 33.2. The van der Waals surface area contributed by atoms with Crippen molar-refractivity contribution >= 4 is 29.8 Å². The van der Waals surface area contributed by atoms with Gasteiger partial charge in [0.15, 0.2) is 0 Å². The molecule has 1 saturated carbocycles. The number of aliphatic carboxylic acids is 1. The third kappa shape index (κ3) is 6.81. The number of benzene rings is 1. The Hall–Kier alpha value is -4.68. The van der Waals surface area contributed by atoms with E-state index in [9.17, 15) is 29.1 Å². The predicted octanol–water partition coefficient (Wildman–Crippen LogP) is 3.35. The van der Waals surface area contributed by atoms with Gasteiger partial charge in [0.25, 0.3) is 5.91 Å². The van der Waals surface area contributed by atoms with Gasteiger partial charge in [-0.15, -0.1) is 0 Å². The van der Waals surface area contributed by atoms with E-state index in [-0.39, 0.29) is 37.3 Å². The second kappa shape index (κ2) is 13.1. The number of allylic oxidation sites excluding steroid dienone is 1. The number of hydrogen-bond acceptors (Lipinski definition) is 7. The summed E-state index contributed by atoms with van der Waals surface area (Å²) in [6.07, 6.45) is 8.43. The van der Waals surface area contributed by atoms with Gasteiger partial charge in [0.1, 0.15) is 23.2 Å². The Bertz CT molecular complexity index is 1600. The molecule has 3 aliphatic heterocycles. The minimum atomic E-state index is -1.45. The van der Waals surface area contributed by atoms with Gasteiger partial charge < -0.3 is 30.3 Å². The van der Waals surface area contributed by atoms with Crippen molar-refractivity contribution in [3.63, 3.8) is 0 Å². The van der Waals surface area contributed by atoms with Crippen LogP contribution < -0.4 is 10.6 Å². The van der Waals surface area contributed by atoms with Gasteiger partial charge in [-0.3, -0.25) is 19.5 Å². The first-order valence-electron chi connectivity index (χ1n) is 16.8. The van der Waals surface area contributed by atoms with Gasteiger partial charge in [-0.2, -0.15) is 5.10 Å².